The second-order valence-corrected chi connectivity index (χ2v) is 4.48. The molecule has 0 atom stereocenters. The second kappa shape index (κ2) is 7.77. The van der Waals surface area contributed by atoms with Crippen LogP contribution in [0.4, 0.5) is 10.1 Å². The van der Waals surface area contributed by atoms with Crippen molar-refractivity contribution in [2.75, 3.05) is 25.0 Å². The van der Waals surface area contributed by atoms with Crippen LogP contribution < -0.4 is 5.32 Å². The van der Waals surface area contributed by atoms with Crippen LogP contribution >= 0.6 is 0 Å². The average molecular weight is 266 g/mol. The molecule has 0 aliphatic rings. The van der Waals surface area contributed by atoms with Gasteiger partial charge in [-0.3, -0.25) is 4.79 Å². The number of rotatable bonds is 7. The summed E-state index contributed by atoms with van der Waals surface area (Å²) in [7, 11) is 0. The molecule has 3 nitrogen and oxygen atoms in total. The number of para-hydroxylation sites is 1. The van der Waals surface area contributed by atoms with Crippen LogP contribution in [0, 0.1) is 5.82 Å². The Bertz CT molecular complexity index is 415. The van der Waals surface area contributed by atoms with Crippen molar-refractivity contribution in [2.45, 2.75) is 33.6 Å². The van der Waals surface area contributed by atoms with Gasteiger partial charge < -0.3 is 10.2 Å². The fourth-order valence-electron chi connectivity index (χ4n) is 2.08. The number of carbonyl (C=O) groups is 1. The van der Waals surface area contributed by atoms with Crippen molar-refractivity contribution in [3.8, 4) is 0 Å². The molecule has 1 aromatic rings. The number of benzene rings is 1. The van der Waals surface area contributed by atoms with E-state index in [2.05, 4.69) is 5.32 Å². The van der Waals surface area contributed by atoms with Crippen molar-refractivity contribution >= 4 is 11.6 Å². The molecule has 4 heteroatoms. The van der Waals surface area contributed by atoms with Crippen molar-refractivity contribution in [1.29, 1.82) is 0 Å². The zero-order valence-electron chi connectivity index (χ0n) is 12.0. The van der Waals surface area contributed by atoms with Gasteiger partial charge in [0.05, 0.1) is 11.3 Å². The number of halogens is 1. The van der Waals surface area contributed by atoms with Crippen LogP contribution in [0.25, 0.3) is 0 Å². The van der Waals surface area contributed by atoms with Gasteiger partial charge in [0, 0.05) is 19.6 Å². The lowest BCUT2D eigenvalue weighted by molar-refractivity contribution is 0.0756. The first-order valence-corrected chi connectivity index (χ1v) is 6.97. The Morgan fingerprint density at radius 3 is 2.37 bits per heavy atom. The van der Waals surface area contributed by atoms with Gasteiger partial charge in [0.2, 0.25) is 0 Å². The summed E-state index contributed by atoms with van der Waals surface area (Å²) in [6, 6.07) is 4.64. The standard InChI is InChI=1S/C15H23FN2O/c1-4-10-18(11-5-2)15(19)12-8-7-9-13(16)14(12)17-6-3/h7-9,17H,4-6,10-11H2,1-3H3. The van der Waals surface area contributed by atoms with Crippen LogP contribution in [0.2, 0.25) is 0 Å². The molecule has 1 rings (SSSR count). The summed E-state index contributed by atoms with van der Waals surface area (Å²) < 4.78 is 13.8. The lowest BCUT2D eigenvalue weighted by Crippen LogP contribution is -2.33. The van der Waals surface area contributed by atoms with E-state index >= 15 is 0 Å². The minimum Gasteiger partial charge on any atom is -0.382 e. The van der Waals surface area contributed by atoms with Gasteiger partial charge in [-0.25, -0.2) is 4.39 Å². The van der Waals surface area contributed by atoms with Gasteiger partial charge in [0.15, 0.2) is 0 Å². The average Bonchev–Trinajstić information content (AvgIpc) is 2.40. The molecule has 1 N–H and O–H groups in total. The minimum absolute atomic E-state index is 0.0980. The lowest BCUT2D eigenvalue weighted by Gasteiger charge is -2.23. The van der Waals surface area contributed by atoms with Gasteiger partial charge in [0.25, 0.3) is 5.91 Å². The molecule has 0 saturated heterocycles. The van der Waals surface area contributed by atoms with E-state index in [1.54, 1.807) is 17.0 Å². The first-order chi connectivity index (χ1) is 9.15. The highest BCUT2D eigenvalue weighted by molar-refractivity contribution is 5.99. The number of nitrogens with one attached hydrogen (secondary N) is 1. The SMILES string of the molecule is CCCN(CCC)C(=O)c1cccc(F)c1NCC. The molecule has 0 fully saturated rings. The number of anilines is 1. The zero-order valence-corrected chi connectivity index (χ0v) is 12.0. The molecule has 0 saturated carbocycles. The highest BCUT2D eigenvalue weighted by Crippen LogP contribution is 2.21. The number of hydrogen-bond acceptors (Lipinski definition) is 2. The molecule has 0 radical (unpaired) electrons. The maximum atomic E-state index is 13.8. The predicted molar refractivity (Wildman–Crippen MR) is 77.0 cm³/mol. The summed E-state index contributed by atoms with van der Waals surface area (Å²) in [6.07, 6.45) is 1.80. The molecule has 0 spiro atoms. The van der Waals surface area contributed by atoms with Crippen molar-refractivity contribution in [1.82, 2.24) is 4.90 Å². The fraction of sp³-hybridized carbons (Fsp3) is 0.533. The van der Waals surface area contributed by atoms with E-state index in [0.29, 0.717) is 30.9 Å². The van der Waals surface area contributed by atoms with E-state index < -0.39 is 0 Å². The molecule has 0 aromatic heterocycles. The van der Waals surface area contributed by atoms with Gasteiger partial charge in [0.1, 0.15) is 5.82 Å². The Hall–Kier alpha value is -1.58. The second-order valence-electron chi connectivity index (χ2n) is 4.48. The Kier molecular flexibility index (Phi) is 6.33. The van der Waals surface area contributed by atoms with Crippen LogP contribution in [0.15, 0.2) is 18.2 Å². The summed E-state index contributed by atoms with van der Waals surface area (Å²) in [5.74, 6) is -0.472. The smallest absolute Gasteiger partial charge is 0.256 e. The van der Waals surface area contributed by atoms with E-state index in [-0.39, 0.29) is 11.7 Å². The summed E-state index contributed by atoms with van der Waals surface area (Å²) in [5, 5.41) is 2.94. The topological polar surface area (TPSA) is 32.3 Å². The molecule has 0 aliphatic heterocycles. The predicted octanol–water partition coefficient (Wildman–Crippen LogP) is 3.52. The number of nitrogens with zero attached hydrogens (tertiary/aromatic N) is 1. The summed E-state index contributed by atoms with van der Waals surface area (Å²) in [6.45, 7) is 7.95. The summed E-state index contributed by atoms with van der Waals surface area (Å²) in [4.78, 5) is 14.3. The monoisotopic (exact) mass is 266 g/mol. The Morgan fingerprint density at radius 2 is 1.84 bits per heavy atom. The number of hydrogen-bond donors (Lipinski definition) is 1. The summed E-state index contributed by atoms with van der Waals surface area (Å²) >= 11 is 0. The van der Waals surface area contributed by atoms with E-state index in [9.17, 15) is 9.18 Å². The number of amides is 1. The maximum absolute atomic E-state index is 13.8. The van der Waals surface area contributed by atoms with Crippen LogP contribution in [0.3, 0.4) is 0 Å². The highest BCUT2D eigenvalue weighted by Gasteiger charge is 2.19. The normalized spacial score (nSPS) is 10.3. The van der Waals surface area contributed by atoms with Crippen molar-refractivity contribution < 1.29 is 9.18 Å². The Labute approximate surface area is 114 Å². The fourth-order valence-corrected chi connectivity index (χ4v) is 2.08. The molecule has 0 bridgehead atoms. The third kappa shape index (κ3) is 3.94. The van der Waals surface area contributed by atoms with E-state index in [1.165, 1.54) is 6.07 Å². The first-order valence-electron chi connectivity index (χ1n) is 6.97. The quantitative estimate of drug-likeness (QED) is 0.819. The van der Waals surface area contributed by atoms with E-state index in [4.69, 9.17) is 0 Å². The molecule has 106 valence electrons. The van der Waals surface area contributed by atoms with Crippen molar-refractivity contribution in [2.24, 2.45) is 0 Å². The minimum atomic E-state index is -0.374. The van der Waals surface area contributed by atoms with Gasteiger partial charge in [-0.2, -0.15) is 0 Å². The van der Waals surface area contributed by atoms with Gasteiger partial charge in [-0.15, -0.1) is 0 Å². The number of carbonyl (C=O) groups excluding carboxylic acids is 1. The van der Waals surface area contributed by atoms with Gasteiger partial charge in [-0.05, 0) is 31.9 Å². The van der Waals surface area contributed by atoms with Crippen molar-refractivity contribution in [3.63, 3.8) is 0 Å². The van der Waals surface area contributed by atoms with Crippen molar-refractivity contribution in [3.05, 3.63) is 29.6 Å². The van der Waals surface area contributed by atoms with Crippen LogP contribution in [0.1, 0.15) is 44.0 Å². The molecule has 19 heavy (non-hydrogen) atoms. The molecular formula is C15H23FN2O. The zero-order chi connectivity index (χ0) is 14.3. The largest absolute Gasteiger partial charge is 0.382 e. The highest BCUT2D eigenvalue weighted by atomic mass is 19.1. The van der Waals surface area contributed by atoms with E-state index in [0.717, 1.165) is 12.8 Å². The maximum Gasteiger partial charge on any atom is 0.256 e. The summed E-state index contributed by atoms with van der Waals surface area (Å²) in [5.41, 5.74) is 0.732. The van der Waals surface area contributed by atoms with Crippen LogP contribution in [-0.4, -0.2) is 30.4 Å². The molecule has 1 aromatic carbocycles. The Morgan fingerprint density at radius 1 is 1.21 bits per heavy atom. The molecule has 1 amide bonds. The third-order valence-electron chi connectivity index (χ3n) is 2.87. The van der Waals surface area contributed by atoms with Crippen LogP contribution in [0.5, 0.6) is 0 Å². The van der Waals surface area contributed by atoms with Gasteiger partial charge >= 0.3 is 0 Å². The van der Waals surface area contributed by atoms with Crippen LogP contribution in [-0.2, 0) is 0 Å². The van der Waals surface area contributed by atoms with E-state index in [1.807, 2.05) is 20.8 Å². The molecule has 0 heterocycles. The molecular weight excluding hydrogens is 243 g/mol. The third-order valence-corrected chi connectivity index (χ3v) is 2.87. The Balaban J connectivity index is 3.05. The molecule has 0 aliphatic carbocycles. The lowest BCUT2D eigenvalue weighted by atomic mass is 10.1. The van der Waals surface area contributed by atoms with Gasteiger partial charge in [-0.1, -0.05) is 19.9 Å². The molecule has 0 unspecified atom stereocenters. The first kappa shape index (κ1) is 15.5.